The lowest BCUT2D eigenvalue weighted by Crippen LogP contribution is -1.97. The van der Waals surface area contributed by atoms with E-state index >= 15 is 0 Å². The molecule has 0 saturated heterocycles. The van der Waals surface area contributed by atoms with Crippen LogP contribution in [0.2, 0.25) is 0 Å². The van der Waals surface area contributed by atoms with Gasteiger partial charge in [0.25, 0.3) is 0 Å². The molecule has 0 unspecified atom stereocenters. The summed E-state index contributed by atoms with van der Waals surface area (Å²) in [6.45, 7) is 0. The summed E-state index contributed by atoms with van der Waals surface area (Å²) in [5, 5.41) is 10.2. The van der Waals surface area contributed by atoms with Gasteiger partial charge in [-0.25, -0.2) is 0 Å². The van der Waals surface area contributed by atoms with Crippen molar-refractivity contribution in [2.75, 3.05) is 0 Å². The first-order valence-electron chi connectivity index (χ1n) is 14.9. The van der Waals surface area contributed by atoms with E-state index in [9.17, 15) is 0 Å². The van der Waals surface area contributed by atoms with Gasteiger partial charge < -0.3 is 4.57 Å². The first-order valence-corrected chi connectivity index (χ1v) is 14.9. The lowest BCUT2D eigenvalue weighted by atomic mass is 9.96. The quantitative estimate of drug-likeness (QED) is 0.195. The molecule has 0 saturated carbocycles. The fourth-order valence-electron chi connectivity index (χ4n) is 7.03. The second-order valence-electron chi connectivity index (χ2n) is 11.3. The Kier molecular flexibility index (Phi) is 5.27. The van der Waals surface area contributed by atoms with Crippen LogP contribution >= 0.6 is 0 Å². The molecule has 1 nitrogen and oxygen atoms in total. The zero-order valence-electron chi connectivity index (χ0n) is 23.5. The summed E-state index contributed by atoms with van der Waals surface area (Å²) >= 11 is 0. The maximum atomic E-state index is 2.54. The number of aromatic nitrogens is 1. The van der Waals surface area contributed by atoms with E-state index in [4.69, 9.17) is 0 Å². The summed E-state index contributed by atoms with van der Waals surface area (Å²) in [4.78, 5) is 0. The number of hydrogen-bond acceptors (Lipinski definition) is 0. The van der Waals surface area contributed by atoms with E-state index in [0.717, 1.165) is 5.69 Å². The van der Waals surface area contributed by atoms with E-state index in [-0.39, 0.29) is 0 Å². The van der Waals surface area contributed by atoms with Crippen molar-refractivity contribution in [1.29, 1.82) is 0 Å². The number of fused-ring (bicyclic) bond motifs is 10. The Bertz CT molecular complexity index is 2430. The molecule has 0 fully saturated rings. The standard InChI is InChI=1S/C42H27N/c1-3-13-28(14-4-1)31-25-32(29-15-5-2-6-16-29)27-33(26-31)43-41-34-18-8-7-17-30(34)23-24-39(41)40-37-21-11-9-19-35(37)36-20-10-12-22-38(36)42(40)43/h1-27H. The highest BCUT2D eigenvalue weighted by Crippen LogP contribution is 2.45. The number of nitrogens with zero attached hydrogens (tertiary/aromatic N) is 1. The highest BCUT2D eigenvalue weighted by molar-refractivity contribution is 6.34. The highest BCUT2D eigenvalue weighted by Gasteiger charge is 2.21. The van der Waals surface area contributed by atoms with Crippen molar-refractivity contribution in [2.24, 2.45) is 0 Å². The molecule has 1 heterocycles. The minimum atomic E-state index is 1.16. The van der Waals surface area contributed by atoms with Gasteiger partial charge in [-0.2, -0.15) is 0 Å². The Morgan fingerprint density at radius 1 is 0.302 bits per heavy atom. The van der Waals surface area contributed by atoms with E-state index in [1.807, 2.05) is 0 Å². The second kappa shape index (κ2) is 9.44. The molecule has 0 spiro atoms. The average Bonchev–Trinajstić information content (AvgIpc) is 3.45. The lowest BCUT2D eigenvalue weighted by molar-refractivity contribution is 1.19. The third kappa shape index (κ3) is 3.65. The zero-order valence-corrected chi connectivity index (χ0v) is 23.5. The van der Waals surface area contributed by atoms with Crippen LogP contribution in [0.15, 0.2) is 164 Å². The molecule has 0 aliphatic carbocycles. The predicted octanol–water partition coefficient (Wildman–Crippen LogP) is 11.6. The minimum Gasteiger partial charge on any atom is -0.308 e. The van der Waals surface area contributed by atoms with Gasteiger partial charge in [-0.15, -0.1) is 0 Å². The van der Waals surface area contributed by atoms with Crippen LogP contribution in [0.3, 0.4) is 0 Å². The number of rotatable bonds is 3. The lowest BCUT2D eigenvalue weighted by Gasteiger charge is -2.16. The number of benzene rings is 8. The molecule has 0 atom stereocenters. The molecule has 0 bridgehead atoms. The molecular formula is C42H27N. The van der Waals surface area contributed by atoms with Crippen LogP contribution in [0, 0.1) is 0 Å². The van der Waals surface area contributed by atoms with Crippen LogP contribution < -0.4 is 0 Å². The largest absolute Gasteiger partial charge is 0.308 e. The fourth-order valence-corrected chi connectivity index (χ4v) is 7.03. The van der Waals surface area contributed by atoms with E-state index in [1.165, 1.54) is 76.4 Å². The average molecular weight is 546 g/mol. The highest BCUT2D eigenvalue weighted by atomic mass is 15.0. The molecule has 200 valence electrons. The Morgan fingerprint density at radius 2 is 0.814 bits per heavy atom. The molecule has 43 heavy (non-hydrogen) atoms. The van der Waals surface area contributed by atoms with Gasteiger partial charge in [0.15, 0.2) is 0 Å². The molecule has 0 radical (unpaired) electrons. The molecule has 0 aliphatic heterocycles. The van der Waals surface area contributed by atoms with Gasteiger partial charge in [-0.1, -0.05) is 146 Å². The maximum absolute atomic E-state index is 2.54. The molecule has 0 amide bonds. The van der Waals surface area contributed by atoms with Gasteiger partial charge in [0.05, 0.1) is 11.0 Å². The normalized spacial score (nSPS) is 11.7. The van der Waals surface area contributed by atoms with Crippen LogP contribution in [-0.2, 0) is 0 Å². The van der Waals surface area contributed by atoms with Crippen LogP contribution in [0.1, 0.15) is 0 Å². The topological polar surface area (TPSA) is 4.93 Å². The summed E-state index contributed by atoms with van der Waals surface area (Å²) in [6.07, 6.45) is 0. The monoisotopic (exact) mass is 545 g/mol. The van der Waals surface area contributed by atoms with Crippen molar-refractivity contribution >= 4 is 54.1 Å². The van der Waals surface area contributed by atoms with Gasteiger partial charge in [-0.05, 0) is 62.0 Å². The fraction of sp³-hybridized carbons (Fsp3) is 0. The molecule has 1 aromatic heterocycles. The second-order valence-corrected chi connectivity index (χ2v) is 11.3. The first kappa shape index (κ1) is 24.0. The maximum Gasteiger partial charge on any atom is 0.0626 e. The molecule has 9 aromatic rings. The molecule has 9 rings (SSSR count). The van der Waals surface area contributed by atoms with Gasteiger partial charge >= 0.3 is 0 Å². The molecule has 1 heteroatoms. The summed E-state index contributed by atoms with van der Waals surface area (Å²) in [5.41, 5.74) is 8.50. The van der Waals surface area contributed by atoms with Crippen molar-refractivity contribution in [1.82, 2.24) is 4.57 Å². The smallest absolute Gasteiger partial charge is 0.0626 e. The van der Waals surface area contributed by atoms with Crippen molar-refractivity contribution in [3.05, 3.63) is 164 Å². The summed E-state index contributed by atoms with van der Waals surface area (Å²) < 4.78 is 2.54. The Labute approximate surface area is 249 Å². The Morgan fingerprint density at radius 3 is 1.47 bits per heavy atom. The van der Waals surface area contributed by atoms with Gasteiger partial charge in [-0.3, -0.25) is 0 Å². The molecular weight excluding hydrogens is 518 g/mol. The van der Waals surface area contributed by atoms with Crippen molar-refractivity contribution in [3.63, 3.8) is 0 Å². The molecule has 0 N–H and O–H groups in total. The van der Waals surface area contributed by atoms with Gasteiger partial charge in [0.2, 0.25) is 0 Å². The zero-order chi connectivity index (χ0) is 28.3. The van der Waals surface area contributed by atoms with Crippen LogP contribution in [0.5, 0.6) is 0 Å². The van der Waals surface area contributed by atoms with Gasteiger partial charge in [0, 0.05) is 27.2 Å². The summed E-state index contributed by atoms with van der Waals surface area (Å²) in [7, 11) is 0. The third-order valence-corrected chi connectivity index (χ3v) is 8.91. The van der Waals surface area contributed by atoms with E-state index in [1.54, 1.807) is 0 Å². The van der Waals surface area contributed by atoms with Crippen molar-refractivity contribution in [3.8, 4) is 27.9 Å². The van der Waals surface area contributed by atoms with E-state index < -0.39 is 0 Å². The predicted molar refractivity (Wildman–Crippen MR) is 184 cm³/mol. The first-order chi connectivity index (χ1) is 21.3. The molecule has 8 aromatic carbocycles. The van der Waals surface area contributed by atoms with Crippen molar-refractivity contribution in [2.45, 2.75) is 0 Å². The minimum absolute atomic E-state index is 1.16. The third-order valence-electron chi connectivity index (χ3n) is 8.91. The Hall–Kier alpha value is -5.66. The summed E-state index contributed by atoms with van der Waals surface area (Å²) in [6, 6.07) is 59.7. The van der Waals surface area contributed by atoms with Crippen molar-refractivity contribution < 1.29 is 0 Å². The van der Waals surface area contributed by atoms with Crippen LogP contribution in [-0.4, -0.2) is 4.57 Å². The summed E-state index contributed by atoms with van der Waals surface area (Å²) in [5.74, 6) is 0. The van der Waals surface area contributed by atoms with Crippen LogP contribution in [0.25, 0.3) is 82.1 Å². The SMILES string of the molecule is c1ccc(-c2cc(-c3ccccc3)cc(-n3c4c5ccccc5ccc4c4c5ccccc5c5ccccc5c43)c2)cc1. The Balaban J connectivity index is 1.53. The number of hydrogen-bond donors (Lipinski definition) is 0. The molecule has 0 aliphatic rings. The van der Waals surface area contributed by atoms with Crippen LogP contribution in [0.4, 0.5) is 0 Å². The van der Waals surface area contributed by atoms with E-state index in [0.29, 0.717) is 0 Å². The van der Waals surface area contributed by atoms with E-state index in [2.05, 4.69) is 168 Å². The van der Waals surface area contributed by atoms with Gasteiger partial charge in [0.1, 0.15) is 0 Å².